The predicted octanol–water partition coefficient (Wildman–Crippen LogP) is 2.38. The van der Waals surface area contributed by atoms with E-state index < -0.39 is 0 Å². The molecule has 1 aromatic carbocycles. The zero-order valence-electron chi connectivity index (χ0n) is 12.1. The van der Waals surface area contributed by atoms with Gasteiger partial charge in [0.25, 0.3) is 0 Å². The molecule has 1 heterocycles. The normalized spacial score (nSPS) is 16.9. The second-order valence-corrected chi connectivity index (χ2v) is 5.04. The van der Waals surface area contributed by atoms with Crippen molar-refractivity contribution >= 4 is 6.29 Å². The lowest BCUT2D eigenvalue weighted by molar-refractivity contribution is -0.112. The van der Waals surface area contributed by atoms with E-state index in [0.29, 0.717) is 13.2 Å². The summed E-state index contributed by atoms with van der Waals surface area (Å²) in [6.07, 6.45) is 3.03. The maximum atomic E-state index is 10.7. The van der Waals surface area contributed by atoms with Gasteiger partial charge in [0.05, 0.1) is 6.61 Å². The number of ether oxygens (including phenoxy) is 2. The number of para-hydroxylation sites is 2. The number of piperidine rings is 1. The minimum Gasteiger partial charge on any atom is -0.490 e. The second-order valence-electron chi connectivity index (χ2n) is 5.04. The molecule has 1 aromatic rings. The third-order valence-electron chi connectivity index (χ3n) is 3.64. The summed E-state index contributed by atoms with van der Waals surface area (Å²) in [4.78, 5) is 13.1. The van der Waals surface area contributed by atoms with Crippen molar-refractivity contribution in [1.29, 1.82) is 0 Å². The molecule has 110 valence electrons. The van der Waals surface area contributed by atoms with Crippen LogP contribution in [0.2, 0.25) is 0 Å². The fourth-order valence-electron chi connectivity index (χ4n) is 2.44. The highest BCUT2D eigenvalue weighted by atomic mass is 16.5. The molecule has 0 saturated carbocycles. The van der Waals surface area contributed by atoms with Gasteiger partial charge in [0, 0.05) is 12.5 Å². The van der Waals surface area contributed by atoms with Crippen LogP contribution in [0.4, 0.5) is 0 Å². The van der Waals surface area contributed by atoms with E-state index in [4.69, 9.17) is 9.47 Å². The molecule has 0 atom stereocenters. The van der Waals surface area contributed by atoms with Crippen molar-refractivity contribution in [3.63, 3.8) is 0 Å². The highest BCUT2D eigenvalue weighted by molar-refractivity contribution is 5.53. The Hall–Kier alpha value is -1.55. The largest absolute Gasteiger partial charge is 0.490 e. The van der Waals surface area contributed by atoms with Crippen LogP contribution in [0.5, 0.6) is 11.5 Å². The van der Waals surface area contributed by atoms with Crippen molar-refractivity contribution in [1.82, 2.24) is 4.90 Å². The van der Waals surface area contributed by atoms with Crippen molar-refractivity contribution in [3.05, 3.63) is 24.3 Å². The molecule has 0 N–H and O–H groups in total. The Kier molecular flexibility index (Phi) is 5.87. The predicted molar refractivity (Wildman–Crippen MR) is 78.3 cm³/mol. The van der Waals surface area contributed by atoms with Crippen LogP contribution in [-0.2, 0) is 4.79 Å². The lowest BCUT2D eigenvalue weighted by atomic mass is 9.99. The molecule has 1 saturated heterocycles. The lowest BCUT2D eigenvalue weighted by Gasteiger charge is -2.29. The Labute approximate surface area is 120 Å². The standard InChI is InChI=1S/C16H23NO3/c1-2-19-15-5-3-4-6-16(15)20-12-11-17-9-7-14(13-18)8-10-17/h3-6,13-14H,2,7-12H2,1H3. The highest BCUT2D eigenvalue weighted by Crippen LogP contribution is 2.26. The number of rotatable bonds is 7. The molecule has 0 amide bonds. The summed E-state index contributed by atoms with van der Waals surface area (Å²) >= 11 is 0. The Morgan fingerprint density at radius 1 is 1.20 bits per heavy atom. The molecule has 20 heavy (non-hydrogen) atoms. The molecule has 1 aliphatic rings. The Balaban J connectivity index is 1.74. The van der Waals surface area contributed by atoms with Crippen molar-refractivity contribution in [2.45, 2.75) is 19.8 Å². The maximum Gasteiger partial charge on any atom is 0.161 e. The fraction of sp³-hybridized carbons (Fsp3) is 0.562. The number of hydrogen-bond donors (Lipinski definition) is 0. The van der Waals surface area contributed by atoms with Gasteiger partial charge in [-0.1, -0.05) is 12.1 Å². The third kappa shape index (κ3) is 4.23. The maximum absolute atomic E-state index is 10.7. The van der Waals surface area contributed by atoms with Gasteiger partial charge >= 0.3 is 0 Å². The first kappa shape index (κ1) is 14.9. The average molecular weight is 277 g/mol. The first-order valence-electron chi connectivity index (χ1n) is 7.35. The average Bonchev–Trinajstić information content (AvgIpc) is 2.50. The zero-order chi connectivity index (χ0) is 14.2. The summed E-state index contributed by atoms with van der Waals surface area (Å²) in [5.74, 6) is 1.86. The number of carbonyl (C=O) groups is 1. The smallest absolute Gasteiger partial charge is 0.161 e. The summed E-state index contributed by atoms with van der Waals surface area (Å²) in [5, 5.41) is 0. The topological polar surface area (TPSA) is 38.8 Å². The number of benzene rings is 1. The summed E-state index contributed by atoms with van der Waals surface area (Å²) in [6, 6.07) is 7.76. The van der Waals surface area contributed by atoms with Crippen LogP contribution in [0.25, 0.3) is 0 Å². The van der Waals surface area contributed by atoms with Crippen molar-refractivity contribution in [3.8, 4) is 11.5 Å². The minimum absolute atomic E-state index is 0.255. The Morgan fingerprint density at radius 2 is 1.85 bits per heavy atom. The van der Waals surface area contributed by atoms with E-state index >= 15 is 0 Å². The second kappa shape index (κ2) is 7.90. The van der Waals surface area contributed by atoms with E-state index in [0.717, 1.165) is 50.3 Å². The number of aldehydes is 1. The number of hydrogen-bond acceptors (Lipinski definition) is 4. The lowest BCUT2D eigenvalue weighted by Crippen LogP contribution is -2.36. The van der Waals surface area contributed by atoms with E-state index in [9.17, 15) is 4.79 Å². The van der Waals surface area contributed by atoms with Gasteiger partial charge in [0.15, 0.2) is 11.5 Å². The summed E-state index contributed by atoms with van der Waals surface area (Å²) in [6.45, 7) is 6.12. The summed E-state index contributed by atoms with van der Waals surface area (Å²) in [5.41, 5.74) is 0. The molecule has 4 nitrogen and oxygen atoms in total. The summed E-state index contributed by atoms with van der Waals surface area (Å²) < 4.78 is 11.3. The molecule has 0 bridgehead atoms. The van der Waals surface area contributed by atoms with E-state index in [1.165, 1.54) is 0 Å². The van der Waals surface area contributed by atoms with Gasteiger partial charge in [0.2, 0.25) is 0 Å². The zero-order valence-corrected chi connectivity index (χ0v) is 12.1. The van der Waals surface area contributed by atoms with E-state index in [1.807, 2.05) is 31.2 Å². The molecule has 0 radical (unpaired) electrons. The highest BCUT2D eigenvalue weighted by Gasteiger charge is 2.18. The number of likely N-dealkylation sites (tertiary alicyclic amines) is 1. The minimum atomic E-state index is 0.255. The molecular weight excluding hydrogens is 254 g/mol. The Morgan fingerprint density at radius 3 is 2.45 bits per heavy atom. The molecule has 4 heteroatoms. The molecule has 0 aromatic heterocycles. The first-order chi connectivity index (χ1) is 9.83. The summed E-state index contributed by atoms with van der Waals surface area (Å²) in [7, 11) is 0. The van der Waals surface area contributed by atoms with Crippen LogP contribution >= 0.6 is 0 Å². The van der Waals surface area contributed by atoms with Crippen LogP contribution < -0.4 is 9.47 Å². The van der Waals surface area contributed by atoms with Gasteiger partial charge in [-0.3, -0.25) is 4.90 Å². The molecule has 1 aliphatic heterocycles. The molecule has 2 rings (SSSR count). The van der Waals surface area contributed by atoms with Gasteiger partial charge in [-0.2, -0.15) is 0 Å². The first-order valence-corrected chi connectivity index (χ1v) is 7.35. The third-order valence-corrected chi connectivity index (χ3v) is 3.64. The van der Waals surface area contributed by atoms with E-state index in [-0.39, 0.29) is 5.92 Å². The van der Waals surface area contributed by atoms with Crippen molar-refractivity contribution in [2.24, 2.45) is 5.92 Å². The molecule has 0 aliphatic carbocycles. The molecule has 1 fully saturated rings. The molecular formula is C16H23NO3. The van der Waals surface area contributed by atoms with Crippen LogP contribution in [0, 0.1) is 5.92 Å². The molecule has 0 unspecified atom stereocenters. The van der Waals surface area contributed by atoms with Crippen LogP contribution in [0.3, 0.4) is 0 Å². The monoisotopic (exact) mass is 277 g/mol. The van der Waals surface area contributed by atoms with Crippen molar-refractivity contribution in [2.75, 3.05) is 32.8 Å². The molecule has 0 spiro atoms. The SMILES string of the molecule is CCOc1ccccc1OCCN1CCC(C=O)CC1. The quantitative estimate of drug-likeness (QED) is 0.717. The van der Waals surface area contributed by atoms with Crippen molar-refractivity contribution < 1.29 is 14.3 Å². The Bertz CT molecular complexity index is 414. The van der Waals surface area contributed by atoms with Gasteiger partial charge < -0.3 is 14.3 Å². The number of carbonyl (C=O) groups excluding carboxylic acids is 1. The van der Waals surface area contributed by atoms with Crippen LogP contribution in [0.15, 0.2) is 24.3 Å². The van der Waals surface area contributed by atoms with E-state index in [2.05, 4.69) is 4.90 Å². The fourth-order valence-corrected chi connectivity index (χ4v) is 2.44. The van der Waals surface area contributed by atoms with Gasteiger partial charge in [0.1, 0.15) is 12.9 Å². The number of nitrogens with zero attached hydrogens (tertiary/aromatic N) is 1. The van der Waals surface area contributed by atoms with Crippen LogP contribution in [-0.4, -0.2) is 44.0 Å². The van der Waals surface area contributed by atoms with E-state index in [1.54, 1.807) is 0 Å². The van der Waals surface area contributed by atoms with Gasteiger partial charge in [-0.05, 0) is 45.0 Å². The van der Waals surface area contributed by atoms with Crippen LogP contribution in [0.1, 0.15) is 19.8 Å². The van der Waals surface area contributed by atoms with Gasteiger partial charge in [-0.25, -0.2) is 0 Å². The van der Waals surface area contributed by atoms with Gasteiger partial charge in [-0.15, -0.1) is 0 Å².